The molecule has 5 nitrogen and oxygen atoms in total. The number of carboxylic acid groups (broad SMARTS) is 1. The van der Waals surface area contributed by atoms with Gasteiger partial charge >= 0.3 is 12.0 Å². The highest BCUT2D eigenvalue weighted by Gasteiger charge is 2.28. The molecule has 0 aromatic rings. The summed E-state index contributed by atoms with van der Waals surface area (Å²) in [6.45, 7) is 6.67. The molecule has 1 aliphatic heterocycles. The summed E-state index contributed by atoms with van der Waals surface area (Å²) < 4.78 is 0. The predicted molar refractivity (Wildman–Crippen MR) is 64.8 cm³/mol. The smallest absolute Gasteiger partial charge is 0.317 e. The Bertz CT molecular complexity index is 348. The molecule has 0 fully saturated rings. The SMILES string of the molecule is CC1=CCN(C(=O)NCC(C)(C)C(=O)O)CC1. The van der Waals surface area contributed by atoms with Crippen molar-refractivity contribution in [1.82, 2.24) is 10.2 Å². The van der Waals surface area contributed by atoms with Gasteiger partial charge in [-0.3, -0.25) is 4.79 Å². The van der Waals surface area contributed by atoms with Crippen molar-refractivity contribution in [3.05, 3.63) is 11.6 Å². The molecular formula is C12H20N2O3. The molecule has 5 heteroatoms. The molecule has 1 heterocycles. The maximum absolute atomic E-state index is 11.8. The topological polar surface area (TPSA) is 69.6 Å². The molecule has 0 saturated heterocycles. The maximum Gasteiger partial charge on any atom is 0.317 e. The Hall–Kier alpha value is -1.52. The van der Waals surface area contributed by atoms with E-state index in [1.165, 1.54) is 5.57 Å². The van der Waals surface area contributed by atoms with E-state index in [1.807, 2.05) is 13.0 Å². The number of hydrogen-bond acceptors (Lipinski definition) is 2. The summed E-state index contributed by atoms with van der Waals surface area (Å²) in [5.74, 6) is -0.910. The first-order chi connectivity index (χ1) is 7.83. The molecule has 0 radical (unpaired) electrons. The molecule has 2 N–H and O–H groups in total. The third kappa shape index (κ3) is 3.76. The van der Waals surface area contributed by atoms with Crippen molar-refractivity contribution in [1.29, 1.82) is 0 Å². The zero-order valence-corrected chi connectivity index (χ0v) is 10.6. The Morgan fingerprint density at radius 2 is 2.18 bits per heavy atom. The molecule has 0 unspecified atom stereocenters. The molecule has 1 rings (SSSR count). The Labute approximate surface area is 101 Å². The Morgan fingerprint density at radius 3 is 2.65 bits per heavy atom. The fourth-order valence-electron chi connectivity index (χ4n) is 1.44. The van der Waals surface area contributed by atoms with Crippen LogP contribution in [0, 0.1) is 5.41 Å². The third-order valence-electron chi connectivity index (χ3n) is 2.98. The van der Waals surface area contributed by atoms with Gasteiger partial charge < -0.3 is 15.3 Å². The Balaban J connectivity index is 2.43. The first-order valence-electron chi connectivity index (χ1n) is 5.75. The van der Waals surface area contributed by atoms with Crippen LogP contribution in [0.1, 0.15) is 27.2 Å². The van der Waals surface area contributed by atoms with Gasteiger partial charge in [-0.15, -0.1) is 0 Å². The minimum atomic E-state index is -0.933. The van der Waals surface area contributed by atoms with E-state index in [-0.39, 0.29) is 12.6 Å². The minimum absolute atomic E-state index is 0.139. The van der Waals surface area contributed by atoms with Crippen LogP contribution in [0.15, 0.2) is 11.6 Å². The lowest BCUT2D eigenvalue weighted by Crippen LogP contribution is -2.46. The van der Waals surface area contributed by atoms with E-state index in [1.54, 1.807) is 18.7 Å². The quantitative estimate of drug-likeness (QED) is 0.734. The summed E-state index contributed by atoms with van der Waals surface area (Å²) in [4.78, 5) is 24.3. The monoisotopic (exact) mass is 240 g/mol. The van der Waals surface area contributed by atoms with Crippen LogP contribution in [0.25, 0.3) is 0 Å². The summed E-state index contributed by atoms with van der Waals surface area (Å²) >= 11 is 0. The lowest BCUT2D eigenvalue weighted by atomic mass is 9.94. The Kier molecular flexibility index (Phi) is 4.15. The molecule has 17 heavy (non-hydrogen) atoms. The van der Waals surface area contributed by atoms with Gasteiger partial charge in [0, 0.05) is 19.6 Å². The largest absolute Gasteiger partial charge is 0.481 e. The van der Waals surface area contributed by atoms with Crippen molar-refractivity contribution in [3.63, 3.8) is 0 Å². The minimum Gasteiger partial charge on any atom is -0.481 e. The van der Waals surface area contributed by atoms with E-state index in [0.29, 0.717) is 13.1 Å². The highest BCUT2D eigenvalue weighted by molar-refractivity contribution is 5.77. The van der Waals surface area contributed by atoms with Crippen LogP contribution in [0.4, 0.5) is 4.79 Å². The standard InChI is InChI=1S/C12H20N2O3/c1-9-4-6-14(7-5-9)11(17)13-8-12(2,3)10(15)16/h4H,5-8H2,1-3H3,(H,13,17)(H,15,16). The summed E-state index contributed by atoms with van der Waals surface area (Å²) in [6, 6.07) is -0.192. The Morgan fingerprint density at radius 1 is 1.53 bits per heavy atom. The predicted octanol–water partition coefficient (Wildman–Crippen LogP) is 1.46. The highest BCUT2D eigenvalue weighted by atomic mass is 16.4. The van der Waals surface area contributed by atoms with Gasteiger partial charge in [-0.25, -0.2) is 4.79 Å². The summed E-state index contributed by atoms with van der Waals surface area (Å²) in [7, 11) is 0. The second-order valence-electron chi connectivity index (χ2n) is 5.09. The first kappa shape index (κ1) is 13.5. The number of aliphatic carboxylic acids is 1. The molecule has 0 bridgehead atoms. The van der Waals surface area contributed by atoms with Crippen LogP contribution in [0.5, 0.6) is 0 Å². The van der Waals surface area contributed by atoms with Crippen molar-refractivity contribution < 1.29 is 14.7 Å². The molecule has 96 valence electrons. The highest BCUT2D eigenvalue weighted by Crippen LogP contribution is 2.14. The number of carboxylic acids is 1. The van der Waals surface area contributed by atoms with Gasteiger partial charge in [0.1, 0.15) is 0 Å². The summed E-state index contributed by atoms with van der Waals surface area (Å²) in [5, 5.41) is 11.6. The number of carbonyl (C=O) groups excluding carboxylic acids is 1. The molecule has 0 spiro atoms. The van der Waals surface area contributed by atoms with E-state index in [2.05, 4.69) is 5.32 Å². The van der Waals surface area contributed by atoms with Crippen LogP contribution < -0.4 is 5.32 Å². The average molecular weight is 240 g/mol. The second-order valence-corrected chi connectivity index (χ2v) is 5.09. The van der Waals surface area contributed by atoms with Crippen molar-refractivity contribution in [2.45, 2.75) is 27.2 Å². The van der Waals surface area contributed by atoms with Crippen molar-refractivity contribution in [2.75, 3.05) is 19.6 Å². The number of rotatable bonds is 3. The van der Waals surface area contributed by atoms with Gasteiger partial charge in [0.05, 0.1) is 5.41 Å². The summed E-state index contributed by atoms with van der Waals surface area (Å²) in [6.07, 6.45) is 2.90. The van der Waals surface area contributed by atoms with E-state index in [0.717, 1.165) is 6.42 Å². The van der Waals surface area contributed by atoms with Gasteiger partial charge in [0.15, 0.2) is 0 Å². The number of carbonyl (C=O) groups is 2. The van der Waals surface area contributed by atoms with E-state index in [4.69, 9.17) is 5.11 Å². The van der Waals surface area contributed by atoms with Crippen molar-refractivity contribution in [3.8, 4) is 0 Å². The molecule has 0 atom stereocenters. The van der Waals surface area contributed by atoms with Crippen LogP contribution in [0.3, 0.4) is 0 Å². The molecule has 0 saturated carbocycles. The van der Waals surface area contributed by atoms with Crippen LogP contribution in [-0.4, -0.2) is 41.6 Å². The molecule has 0 aromatic heterocycles. The van der Waals surface area contributed by atoms with Crippen molar-refractivity contribution >= 4 is 12.0 Å². The normalized spacial score (nSPS) is 16.4. The lowest BCUT2D eigenvalue weighted by Gasteiger charge is -2.27. The van der Waals surface area contributed by atoms with Crippen LogP contribution >= 0.6 is 0 Å². The lowest BCUT2D eigenvalue weighted by molar-refractivity contribution is -0.146. The number of nitrogens with one attached hydrogen (secondary N) is 1. The second kappa shape index (κ2) is 5.21. The van der Waals surface area contributed by atoms with Crippen LogP contribution in [0.2, 0.25) is 0 Å². The number of urea groups is 1. The molecular weight excluding hydrogens is 220 g/mol. The molecule has 0 aliphatic carbocycles. The van der Waals surface area contributed by atoms with E-state index in [9.17, 15) is 9.59 Å². The van der Waals surface area contributed by atoms with Crippen molar-refractivity contribution in [2.24, 2.45) is 5.41 Å². The zero-order valence-electron chi connectivity index (χ0n) is 10.6. The fourth-order valence-corrected chi connectivity index (χ4v) is 1.44. The van der Waals surface area contributed by atoms with E-state index >= 15 is 0 Å². The summed E-state index contributed by atoms with van der Waals surface area (Å²) in [5.41, 5.74) is 0.358. The third-order valence-corrected chi connectivity index (χ3v) is 2.98. The first-order valence-corrected chi connectivity index (χ1v) is 5.75. The fraction of sp³-hybridized carbons (Fsp3) is 0.667. The maximum atomic E-state index is 11.8. The number of amides is 2. The number of nitrogens with zero attached hydrogens (tertiary/aromatic N) is 1. The molecule has 0 aromatic carbocycles. The van der Waals surface area contributed by atoms with Gasteiger partial charge in [0.25, 0.3) is 0 Å². The van der Waals surface area contributed by atoms with E-state index < -0.39 is 11.4 Å². The van der Waals surface area contributed by atoms with Crippen LogP contribution in [-0.2, 0) is 4.79 Å². The van der Waals surface area contributed by atoms with Gasteiger partial charge in [-0.1, -0.05) is 11.6 Å². The number of hydrogen-bond donors (Lipinski definition) is 2. The van der Waals surface area contributed by atoms with Gasteiger partial charge in [-0.05, 0) is 27.2 Å². The van der Waals surface area contributed by atoms with Gasteiger partial charge in [-0.2, -0.15) is 0 Å². The average Bonchev–Trinajstić information content (AvgIpc) is 2.27. The zero-order chi connectivity index (χ0) is 13.1. The molecule has 2 amide bonds. The molecule has 1 aliphatic rings. The van der Waals surface area contributed by atoms with Gasteiger partial charge in [0.2, 0.25) is 0 Å².